The predicted molar refractivity (Wildman–Crippen MR) is 65.2 cm³/mol. The van der Waals surface area contributed by atoms with Crippen molar-refractivity contribution in [2.24, 2.45) is 0 Å². The minimum absolute atomic E-state index is 0.454. The Morgan fingerprint density at radius 3 is 2.62 bits per heavy atom. The molecule has 1 aromatic rings. The van der Waals surface area contributed by atoms with Gasteiger partial charge >= 0.3 is 0 Å². The number of nitrogens with two attached hydrogens (primary N) is 1. The van der Waals surface area contributed by atoms with Crippen LogP contribution in [0.3, 0.4) is 0 Å². The number of nitrogen functional groups attached to an aromatic ring is 1. The van der Waals surface area contributed by atoms with Crippen molar-refractivity contribution in [2.75, 3.05) is 11.1 Å². The number of nitrogens with zero attached hydrogens (tertiary/aromatic N) is 2. The van der Waals surface area contributed by atoms with Gasteiger partial charge in [-0.25, -0.2) is 9.97 Å². The molecular weight excluding hydrogens is 204 g/mol. The Labute approximate surface area is 96.1 Å². The average Bonchev–Trinajstić information content (AvgIpc) is 2.17. The van der Waals surface area contributed by atoms with E-state index in [0.29, 0.717) is 11.6 Å². The van der Waals surface area contributed by atoms with E-state index in [1.54, 1.807) is 6.92 Å². The van der Waals surface area contributed by atoms with Crippen LogP contribution in [0.2, 0.25) is 0 Å². The summed E-state index contributed by atoms with van der Waals surface area (Å²) >= 11 is 0. The Morgan fingerprint density at radius 2 is 2.12 bits per heavy atom. The predicted octanol–water partition coefficient (Wildman–Crippen LogP) is 1.19. The summed E-state index contributed by atoms with van der Waals surface area (Å²) in [5.74, 6) is 1.18. The monoisotopic (exact) mass is 224 g/mol. The van der Waals surface area contributed by atoms with Gasteiger partial charge in [0, 0.05) is 5.56 Å². The van der Waals surface area contributed by atoms with Gasteiger partial charge in [-0.1, -0.05) is 6.92 Å². The van der Waals surface area contributed by atoms with Gasteiger partial charge in [-0.3, -0.25) is 0 Å². The van der Waals surface area contributed by atoms with Crippen molar-refractivity contribution in [1.29, 1.82) is 0 Å². The number of rotatable bonds is 4. The van der Waals surface area contributed by atoms with E-state index in [0.717, 1.165) is 12.0 Å². The van der Waals surface area contributed by atoms with Gasteiger partial charge in [-0.2, -0.15) is 0 Å². The third-order valence-electron chi connectivity index (χ3n) is 2.82. The lowest BCUT2D eigenvalue weighted by Gasteiger charge is -2.30. The van der Waals surface area contributed by atoms with Crippen LogP contribution in [0, 0.1) is 0 Å². The van der Waals surface area contributed by atoms with E-state index in [2.05, 4.69) is 15.3 Å². The maximum Gasteiger partial charge on any atom is 0.135 e. The molecule has 0 aliphatic heterocycles. The smallest absolute Gasteiger partial charge is 0.135 e. The maximum atomic E-state index is 9.64. The second-order valence-corrected chi connectivity index (χ2v) is 4.46. The largest absolute Gasteiger partial charge is 0.391 e. The molecule has 1 rings (SSSR count). The average molecular weight is 224 g/mol. The van der Waals surface area contributed by atoms with Crippen LogP contribution in [0.4, 0.5) is 11.6 Å². The van der Waals surface area contributed by atoms with Gasteiger partial charge in [0.25, 0.3) is 0 Å². The molecule has 5 nitrogen and oxygen atoms in total. The third kappa shape index (κ3) is 2.61. The molecule has 0 bridgehead atoms. The molecule has 4 N–H and O–H groups in total. The van der Waals surface area contributed by atoms with Crippen LogP contribution >= 0.6 is 0 Å². The zero-order valence-corrected chi connectivity index (χ0v) is 10.3. The fraction of sp³-hybridized carbons (Fsp3) is 0.636. The molecule has 1 atom stereocenters. The Hall–Kier alpha value is -1.36. The first-order valence-electron chi connectivity index (χ1n) is 5.44. The van der Waals surface area contributed by atoms with Crippen LogP contribution in [0.1, 0.15) is 33.3 Å². The minimum atomic E-state index is -0.492. The Balaban J connectivity index is 3.02. The van der Waals surface area contributed by atoms with Gasteiger partial charge < -0.3 is 16.2 Å². The number of aliphatic hydroxyl groups excluding tert-OH is 1. The van der Waals surface area contributed by atoms with Gasteiger partial charge in [0.05, 0.1) is 11.6 Å². The van der Waals surface area contributed by atoms with Crippen LogP contribution in [-0.4, -0.2) is 26.7 Å². The van der Waals surface area contributed by atoms with Crippen LogP contribution in [0.15, 0.2) is 6.33 Å². The van der Waals surface area contributed by atoms with Crippen molar-refractivity contribution >= 4 is 11.6 Å². The lowest BCUT2D eigenvalue weighted by Crippen LogP contribution is -2.42. The van der Waals surface area contributed by atoms with Crippen LogP contribution < -0.4 is 11.1 Å². The lowest BCUT2D eigenvalue weighted by molar-refractivity contribution is 0.133. The van der Waals surface area contributed by atoms with Crippen molar-refractivity contribution in [3.8, 4) is 0 Å². The Morgan fingerprint density at radius 1 is 1.50 bits per heavy atom. The minimum Gasteiger partial charge on any atom is -0.391 e. The Bertz CT molecular complexity index is 363. The molecule has 1 aromatic heterocycles. The molecule has 0 aromatic carbocycles. The number of anilines is 2. The first kappa shape index (κ1) is 12.7. The normalized spacial score (nSPS) is 13.6. The third-order valence-corrected chi connectivity index (χ3v) is 2.82. The molecule has 16 heavy (non-hydrogen) atoms. The van der Waals surface area contributed by atoms with E-state index in [-0.39, 0.29) is 0 Å². The highest BCUT2D eigenvalue weighted by molar-refractivity contribution is 5.56. The molecule has 0 fully saturated rings. The quantitative estimate of drug-likeness (QED) is 0.715. The second kappa shape index (κ2) is 4.65. The summed E-state index contributed by atoms with van der Waals surface area (Å²) in [5.41, 5.74) is 6.20. The van der Waals surface area contributed by atoms with Crippen molar-refractivity contribution < 1.29 is 5.11 Å². The molecule has 0 aliphatic carbocycles. The number of hydrogen-bond donors (Lipinski definition) is 3. The van der Waals surface area contributed by atoms with Crippen LogP contribution in [0.25, 0.3) is 0 Å². The summed E-state index contributed by atoms with van der Waals surface area (Å²) in [5, 5.41) is 12.8. The molecule has 1 heterocycles. The fourth-order valence-corrected chi connectivity index (χ4v) is 1.29. The standard InChI is InChI=1S/C11H20N4O/c1-5-8-9(12)13-6-14-10(8)15-11(3,4)7(2)16/h6-7,16H,5H2,1-4H3,(H3,12,13,14,15). The lowest BCUT2D eigenvalue weighted by atomic mass is 9.98. The highest BCUT2D eigenvalue weighted by Gasteiger charge is 2.25. The molecule has 0 aliphatic rings. The summed E-state index contributed by atoms with van der Waals surface area (Å²) in [6.07, 6.45) is 1.69. The van der Waals surface area contributed by atoms with Crippen molar-refractivity contribution in [3.63, 3.8) is 0 Å². The summed E-state index contributed by atoms with van der Waals surface area (Å²) < 4.78 is 0. The zero-order valence-electron chi connectivity index (χ0n) is 10.3. The fourth-order valence-electron chi connectivity index (χ4n) is 1.29. The summed E-state index contributed by atoms with van der Waals surface area (Å²) in [6.45, 7) is 7.56. The molecular formula is C11H20N4O. The summed E-state index contributed by atoms with van der Waals surface area (Å²) in [4.78, 5) is 8.11. The number of aliphatic hydroxyl groups is 1. The van der Waals surface area contributed by atoms with Gasteiger partial charge in [0.1, 0.15) is 18.0 Å². The molecule has 1 unspecified atom stereocenters. The van der Waals surface area contributed by atoms with Crippen LogP contribution in [0.5, 0.6) is 0 Å². The van der Waals surface area contributed by atoms with E-state index in [4.69, 9.17) is 5.73 Å². The van der Waals surface area contributed by atoms with Crippen LogP contribution in [-0.2, 0) is 6.42 Å². The first-order valence-corrected chi connectivity index (χ1v) is 5.44. The zero-order chi connectivity index (χ0) is 12.3. The van der Waals surface area contributed by atoms with E-state index < -0.39 is 11.6 Å². The highest BCUT2D eigenvalue weighted by atomic mass is 16.3. The van der Waals surface area contributed by atoms with E-state index >= 15 is 0 Å². The van der Waals surface area contributed by atoms with E-state index in [1.165, 1.54) is 6.33 Å². The topological polar surface area (TPSA) is 84.1 Å². The molecule has 0 radical (unpaired) electrons. The van der Waals surface area contributed by atoms with E-state index in [1.807, 2.05) is 20.8 Å². The SMILES string of the molecule is CCc1c(N)ncnc1NC(C)(C)C(C)O. The number of nitrogens with one attached hydrogen (secondary N) is 1. The summed E-state index contributed by atoms with van der Waals surface area (Å²) in [6, 6.07) is 0. The van der Waals surface area contributed by atoms with E-state index in [9.17, 15) is 5.11 Å². The van der Waals surface area contributed by atoms with Crippen molar-refractivity contribution in [2.45, 2.75) is 45.8 Å². The van der Waals surface area contributed by atoms with Gasteiger partial charge in [-0.05, 0) is 27.2 Å². The van der Waals surface area contributed by atoms with Gasteiger partial charge in [0.2, 0.25) is 0 Å². The maximum absolute atomic E-state index is 9.64. The number of hydrogen-bond acceptors (Lipinski definition) is 5. The van der Waals surface area contributed by atoms with Crippen molar-refractivity contribution in [3.05, 3.63) is 11.9 Å². The highest BCUT2D eigenvalue weighted by Crippen LogP contribution is 2.22. The molecule has 5 heteroatoms. The molecule has 0 spiro atoms. The van der Waals surface area contributed by atoms with Gasteiger partial charge in [0.15, 0.2) is 0 Å². The molecule has 0 amide bonds. The molecule has 90 valence electrons. The second-order valence-electron chi connectivity index (χ2n) is 4.46. The Kier molecular flexibility index (Phi) is 3.70. The molecule has 0 saturated heterocycles. The first-order chi connectivity index (χ1) is 7.38. The summed E-state index contributed by atoms with van der Waals surface area (Å²) in [7, 11) is 0. The number of aromatic nitrogens is 2. The molecule has 0 saturated carbocycles. The van der Waals surface area contributed by atoms with Gasteiger partial charge in [-0.15, -0.1) is 0 Å². The van der Waals surface area contributed by atoms with Crippen molar-refractivity contribution in [1.82, 2.24) is 9.97 Å².